The number of amides is 1. The molecule has 0 unspecified atom stereocenters. The highest BCUT2D eigenvalue weighted by atomic mass is 16.3. The first-order valence-corrected chi connectivity index (χ1v) is 6.74. The van der Waals surface area contributed by atoms with E-state index in [1.54, 1.807) is 17.0 Å². The van der Waals surface area contributed by atoms with Gasteiger partial charge in [-0.15, -0.1) is 0 Å². The number of hydrogen-bond acceptors (Lipinski definition) is 3. The summed E-state index contributed by atoms with van der Waals surface area (Å²) in [6.07, 6.45) is 9.94. The highest BCUT2D eigenvalue weighted by Gasteiger charge is 2.32. The molecule has 0 radical (unpaired) electrons. The lowest BCUT2D eigenvalue weighted by atomic mass is 9.82. The Kier molecular flexibility index (Phi) is 4.37. The van der Waals surface area contributed by atoms with Gasteiger partial charge in [0, 0.05) is 19.3 Å². The minimum absolute atomic E-state index is 0.0122. The number of nitrogens with one attached hydrogen (secondary N) is 1. The summed E-state index contributed by atoms with van der Waals surface area (Å²) in [6, 6.07) is 1.84. The van der Waals surface area contributed by atoms with Crippen molar-refractivity contribution in [2.45, 2.75) is 37.6 Å². The zero-order chi connectivity index (χ0) is 13.7. The van der Waals surface area contributed by atoms with Gasteiger partial charge in [-0.05, 0) is 25.0 Å². The number of hydrogen-bond donors (Lipinski definition) is 2. The van der Waals surface area contributed by atoms with Crippen molar-refractivity contribution < 1.29 is 9.90 Å². The Balaban J connectivity index is 1.96. The minimum atomic E-state index is -0.424. The lowest BCUT2D eigenvalue weighted by Gasteiger charge is -2.36. The van der Waals surface area contributed by atoms with Gasteiger partial charge in [0.15, 0.2) is 0 Å². The fraction of sp³-hybridized carbons (Fsp3) is 0.571. The third kappa shape index (κ3) is 3.44. The van der Waals surface area contributed by atoms with E-state index >= 15 is 0 Å². The van der Waals surface area contributed by atoms with Crippen molar-refractivity contribution in [2.75, 3.05) is 6.61 Å². The minimum Gasteiger partial charge on any atom is -0.394 e. The average Bonchev–Trinajstić information content (AvgIpc) is 2.83. The molecule has 1 aliphatic rings. The van der Waals surface area contributed by atoms with E-state index in [-0.39, 0.29) is 12.5 Å². The van der Waals surface area contributed by atoms with Crippen LogP contribution in [-0.2, 0) is 11.8 Å². The van der Waals surface area contributed by atoms with E-state index in [2.05, 4.69) is 10.4 Å². The van der Waals surface area contributed by atoms with Crippen LogP contribution in [0.3, 0.4) is 0 Å². The van der Waals surface area contributed by atoms with E-state index in [1.807, 2.05) is 13.1 Å². The molecule has 1 saturated carbocycles. The van der Waals surface area contributed by atoms with Gasteiger partial charge < -0.3 is 10.4 Å². The molecule has 2 rings (SSSR count). The third-order valence-corrected chi connectivity index (χ3v) is 3.77. The maximum absolute atomic E-state index is 11.9. The Bertz CT molecular complexity index is 459. The van der Waals surface area contributed by atoms with E-state index in [4.69, 9.17) is 0 Å². The van der Waals surface area contributed by atoms with E-state index in [9.17, 15) is 9.90 Å². The van der Waals surface area contributed by atoms with Crippen molar-refractivity contribution in [3.8, 4) is 0 Å². The Morgan fingerprint density at radius 1 is 1.53 bits per heavy atom. The summed E-state index contributed by atoms with van der Waals surface area (Å²) in [4.78, 5) is 11.9. The zero-order valence-electron chi connectivity index (χ0n) is 11.3. The fourth-order valence-corrected chi connectivity index (χ4v) is 2.56. The molecule has 104 valence electrons. The molecule has 0 aromatic carbocycles. The van der Waals surface area contributed by atoms with Gasteiger partial charge in [-0.3, -0.25) is 9.48 Å². The monoisotopic (exact) mass is 263 g/mol. The molecule has 2 N–H and O–H groups in total. The molecule has 0 saturated heterocycles. The predicted molar refractivity (Wildman–Crippen MR) is 73.3 cm³/mol. The first-order chi connectivity index (χ1) is 9.15. The second-order valence-electron chi connectivity index (χ2n) is 5.20. The Morgan fingerprint density at radius 2 is 2.26 bits per heavy atom. The lowest BCUT2D eigenvalue weighted by molar-refractivity contribution is -0.119. The smallest absolute Gasteiger partial charge is 0.244 e. The van der Waals surface area contributed by atoms with Crippen LogP contribution < -0.4 is 5.32 Å². The van der Waals surface area contributed by atoms with Crippen molar-refractivity contribution in [1.29, 1.82) is 0 Å². The summed E-state index contributed by atoms with van der Waals surface area (Å²) in [5.41, 5.74) is 0.448. The molecule has 1 aliphatic carbocycles. The van der Waals surface area contributed by atoms with E-state index in [0.717, 1.165) is 31.4 Å². The van der Waals surface area contributed by atoms with Crippen molar-refractivity contribution in [2.24, 2.45) is 7.05 Å². The number of carbonyl (C=O) groups is 1. The topological polar surface area (TPSA) is 67.2 Å². The van der Waals surface area contributed by atoms with Crippen LogP contribution in [0.1, 0.15) is 37.8 Å². The first kappa shape index (κ1) is 13.8. The molecule has 0 atom stereocenters. The normalized spacial score (nSPS) is 18.6. The van der Waals surface area contributed by atoms with Gasteiger partial charge in [-0.1, -0.05) is 19.3 Å². The number of nitrogens with zero attached hydrogens (tertiary/aromatic N) is 2. The van der Waals surface area contributed by atoms with Gasteiger partial charge in [0.1, 0.15) is 0 Å². The molecule has 1 fully saturated rings. The van der Waals surface area contributed by atoms with Crippen molar-refractivity contribution in [3.05, 3.63) is 24.0 Å². The van der Waals surface area contributed by atoms with E-state index < -0.39 is 5.54 Å². The highest BCUT2D eigenvalue weighted by Crippen LogP contribution is 2.27. The number of aromatic nitrogens is 2. The molecule has 0 bridgehead atoms. The molecule has 1 amide bonds. The van der Waals surface area contributed by atoms with E-state index in [0.29, 0.717) is 0 Å². The lowest BCUT2D eigenvalue weighted by Crippen LogP contribution is -2.52. The number of aryl methyl sites for hydroxylation is 1. The summed E-state index contributed by atoms with van der Waals surface area (Å²) in [5.74, 6) is -0.155. The third-order valence-electron chi connectivity index (χ3n) is 3.77. The number of rotatable bonds is 4. The second-order valence-corrected chi connectivity index (χ2v) is 5.20. The molecular weight excluding hydrogens is 242 g/mol. The summed E-state index contributed by atoms with van der Waals surface area (Å²) in [7, 11) is 1.83. The molecule has 1 aromatic rings. The van der Waals surface area contributed by atoms with Crippen LogP contribution in [0.25, 0.3) is 6.08 Å². The highest BCUT2D eigenvalue weighted by molar-refractivity contribution is 5.92. The maximum Gasteiger partial charge on any atom is 0.244 e. The SMILES string of the molecule is Cn1nccc1C=CC(=O)NC1(CO)CCCCC1. The molecule has 0 aliphatic heterocycles. The Hall–Kier alpha value is -1.62. The number of aliphatic hydroxyl groups is 1. The van der Waals surface area contributed by atoms with Gasteiger partial charge in [-0.25, -0.2) is 0 Å². The van der Waals surface area contributed by atoms with Crippen LogP contribution in [0.4, 0.5) is 0 Å². The first-order valence-electron chi connectivity index (χ1n) is 6.74. The Morgan fingerprint density at radius 3 is 2.84 bits per heavy atom. The van der Waals surface area contributed by atoms with Crippen LogP contribution in [0.5, 0.6) is 0 Å². The summed E-state index contributed by atoms with van der Waals surface area (Å²) < 4.78 is 1.70. The van der Waals surface area contributed by atoms with Gasteiger partial charge in [0.2, 0.25) is 5.91 Å². The van der Waals surface area contributed by atoms with Crippen molar-refractivity contribution in [1.82, 2.24) is 15.1 Å². The van der Waals surface area contributed by atoms with Crippen LogP contribution in [-0.4, -0.2) is 32.9 Å². The number of carbonyl (C=O) groups excluding carboxylic acids is 1. The summed E-state index contributed by atoms with van der Waals surface area (Å²) >= 11 is 0. The molecule has 0 spiro atoms. The molecule has 5 heteroatoms. The van der Waals surface area contributed by atoms with Crippen LogP contribution in [0.15, 0.2) is 18.3 Å². The van der Waals surface area contributed by atoms with E-state index in [1.165, 1.54) is 12.5 Å². The standard InChI is InChI=1S/C14H21N3O2/c1-17-12(7-10-15-17)5-6-13(19)16-14(11-18)8-3-2-4-9-14/h5-7,10,18H,2-4,8-9,11H2,1H3,(H,16,19). The number of aliphatic hydroxyl groups excluding tert-OH is 1. The summed E-state index contributed by atoms with van der Waals surface area (Å²) in [5, 5.41) is 16.5. The second kappa shape index (κ2) is 6.02. The van der Waals surface area contributed by atoms with Crippen LogP contribution in [0, 0.1) is 0 Å². The predicted octanol–water partition coefficient (Wildman–Crippen LogP) is 1.24. The molecular formula is C14H21N3O2. The molecule has 5 nitrogen and oxygen atoms in total. The average molecular weight is 263 g/mol. The molecule has 1 heterocycles. The summed E-state index contributed by atoms with van der Waals surface area (Å²) in [6.45, 7) is 0.0122. The van der Waals surface area contributed by atoms with Gasteiger partial charge in [-0.2, -0.15) is 5.10 Å². The maximum atomic E-state index is 11.9. The van der Waals surface area contributed by atoms with Crippen LogP contribution in [0.2, 0.25) is 0 Å². The van der Waals surface area contributed by atoms with Crippen LogP contribution >= 0.6 is 0 Å². The van der Waals surface area contributed by atoms with Gasteiger partial charge >= 0.3 is 0 Å². The largest absolute Gasteiger partial charge is 0.394 e. The molecule has 19 heavy (non-hydrogen) atoms. The van der Waals surface area contributed by atoms with Crippen molar-refractivity contribution in [3.63, 3.8) is 0 Å². The fourth-order valence-electron chi connectivity index (χ4n) is 2.56. The molecule has 1 aromatic heterocycles. The quantitative estimate of drug-likeness (QED) is 0.803. The van der Waals surface area contributed by atoms with Crippen molar-refractivity contribution >= 4 is 12.0 Å². The zero-order valence-corrected chi connectivity index (χ0v) is 11.3. The Labute approximate surface area is 113 Å². The van der Waals surface area contributed by atoms with Gasteiger partial charge in [0.25, 0.3) is 0 Å². The van der Waals surface area contributed by atoms with Gasteiger partial charge in [0.05, 0.1) is 17.8 Å².